The van der Waals surface area contributed by atoms with Crippen molar-refractivity contribution in [3.63, 3.8) is 0 Å². The molecule has 2 aromatic rings. The molecule has 0 spiro atoms. The largest absolute Gasteiger partial charge is 0.459 e. The van der Waals surface area contributed by atoms with Crippen LogP contribution in [0, 0.1) is 0 Å². The molecule has 1 fully saturated rings. The van der Waals surface area contributed by atoms with Gasteiger partial charge >= 0.3 is 0 Å². The first-order valence-electron chi connectivity index (χ1n) is 7.53. The van der Waals surface area contributed by atoms with Gasteiger partial charge in [0.15, 0.2) is 5.76 Å². The maximum Gasteiger partial charge on any atom is 0.293 e. The van der Waals surface area contributed by atoms with E-state index in [1.165, 1.54) is 11.2 Å². The first-order chi connectivity index (χ1) is 11.1. The van der Waals surface area contributed by atoms with Gasteiger partial charge in [0.25, 0.3) is 11.8 Å². The zero-order valence-corrected chi connectivity index (χ0v) is 12.9. The highest BCUT2D eigenvalue weighted by Gasteiger charge is 2.28. The van der Waals surface area contributed by atoms with E-state index in [1.54, 1.807) is 48.3 Å². The van der Waals surface area contributed by atoms with Crippen molar-refractivity contribution in [3.05, 3.63) is 54.0 Å². The first-order valence-corrected chi connectivity index (χ1v) is 7.53. The Kier molecular flexibility index (Phi) is 4.16. The highest BCUT2D eigenvalue weighted by Crippen LogP contribution is 2.24. The molecule has 120 valence electrons. The van der Waals surface area contributed by atoms with E-state index in [1.807, 2.05) is 0 Å². The summed E-state index contributed by atoms with van der Waals surface area (Å²) in [6.45, 7) is 1.19. The summed E-state index contributed by atoms with van der Waals surface area (Å²) in [4.78, 5) is 28.3. The molecule has 2 amide bonds. The molecule has 1 aliphatic heterocycles. The van der Waals surface area contributed by atoms with Crippen molar-refractivity contribution in [2.75, 3.05) is 25.0 Å². The lowest BCUT2D eigenvalue weighted by atomic mass is 10.1. The van der Waals surface area contributed by atoms with Crippen LogP contribution in [0.25, 0.3) is 0 Å². The Morgan fingerprint density at radius 1 is 1.26 bits per heavy atom. The van der Waals surface area contributed by atoms with Crippen LogP contribution in [-0.2, 0) is 0 Å². The number of nitrogens with two attached hydrogens (primary N) is 1. The lowest BCUT2D eigenvalue weighted by Crippen LogP contribution is -2.34. The summed E-state index contributed by atoms with van der Waals surface area (Å²) in [5.41, 5.74) is 6.93. The molecule has 0 aliphatic carbocycles. The standard InChI is InChI=1S/C17H19N3O3/c1-19(17(22)15-7-4-10-23-15)14-6-3-2-5-13(14)16(21)20-9-8-12(18)11-20/h2-7,10,12H,8-9,11,18H2,1H3/t12-/m1/s1. The van der Waals surface area contributed by atoms with E-state index in [0.29, 0.717) is 24.3 Å². The van der Waals surface area contributed by atoms with Crippen LogP contribution >= 0.6 is 0 Å². The Morgan fingerprint density at radius 3 is 2.70 bits per heavy atom. The Labute approximate surface area is 134 Å². The van der Waals surface area contributed by atoms with Crippen LogP contribution in [0.1, 0.15) is 27.3 Å². The quantitative estimate of drug-likeness (QED) is 0.936. The monoisotopic (exact) mass is 313 g/mol. The molecule has 3 rings (SSSR count). The Hall–Kier alpha value is -2.60. The number of para-hydroxylation sites is 1. The van der Waals surface area contributed by atoms with Crippen LogP contribution in [0.2, 0.25) is 0 Å². The van der Waals surface area contributed by atoms with Gasteiger partial charge in [0.05, 0.1) is 17.5 Å². The van der Waals surface area contributed by atoms with Crippen LogP contribution in [0.4, 0.5) is 5.69 Å². The van der Waals surface area contributed by atoms with Crippen molar-refractivity contribution in [1.82, 2.24) is 4.90 Å². The van der Waals surface area contributed by atoms with E-state index in [4.69, 9.17) is 10.2 Å². The fraction of sp³-hybridized carbons (Fsp3) is 0.294. The zero-order chi connectivity index (χ0) is 16.4. The SMILES string of the molecule is CN(C(=O)c1ccco1)c1ccccc1C(=O)N1CC[C@@H](N)C1. The predicted molar refractivity (Wildman–Crippen MR) is 86.4 cm³/mol. The number of amides is 2. The fourth-order valence-corrected chi connectivity index (χ4v) is 2.76. The number of hydrogen-bond donors (Lipinski definition) is 1. The van der Waals surface area contributed by atoms with Gasteiger partial charge in [-0.1, -0.05) is 12.1 Å². The normalized spacial score (nSPS) is 17.3. The summed E-state index contributed by atoms with van der Waals surface area (Å²) < 4.78 is 5.15. The molecule has 2 heterocycles. The van der Waals surface area contributed by atoms with Gasteiger partial charge in [-0.2, -0.15) is 0 Å². The first kappa shape index (κ1) is 15.3. The molecule has 1 aromatic carbocycles. The summed E-state index contributed by atoms with van der Waals surface area (Å²) in [5.74, 6) is -0.168. The van der Waals surface area contributed by atoms with Crippen molar-refractivity contribution in [1.29, 1.82) is 0 Å². The number of hydrogen-bond acceptors (Lipinski definition) is 4. The number of furan rings is 1. The Bertz CT molecular complexity index is 712. The third kappa shape index (κ3) is 2.98. The van der Waals surface area contributed by atoms with E-state index in [0.717, 1.165) is 6.42 Å². The van der Waals surface area contributed by atoms with Crippen molar-refractivity contribution in [2.45, 2.75) is 12.5 Å². The molecular weight excluding hydrogens is 294 g/mol. The minimum absolute atomic E-state index is 0.0218. The number of carbonyl (C=O) groups excluding carboxylic acids is 2. The molecule has 1 saturated heterocycles. The Balaban J connectivity index is 1.88. The van der Waals surface area contributed by atoms with E-state index in [9.17, 15) is 9.59 Å². The molecule has 23 heavy (non-hydrogen) atoms. The lowest BCUT2D eigenvalue weighted by Gasteiger charge is -2.22. The smallest absolute Gasteiger partial charge is 0.293 e. The molecule has 1 aromatic heterocycles. The second-order valence-electron chi connectivity index (χ2n) is 5.66. The molecule has 0 unspecified atom stereocenters. The molecule has 1 atom stereocenters. The highest BCUT2D eigenvalue weighted by molar-refractivity contribution is 6.09. The van der Waals surface area contributed by atoms with Gasteiger partial charge in [-0.25, -0.2) is 0 Å². The van der Waals surface area contributed by atoms with Crippen LogP contribution in [-0.4, -0.2) is 42.9 Å². The van der Waals surface area contributed by atoms with Crippen LogP contribution in [0.15, 0.2) is 47.1 Å². The van der Waals surface area contributed by atoms with Gasteiger partial charge in [-0.15, -0.1) is 0 Å². The lowest BCUT2D eigenvalue weighted by molar-refractivity contribution is 0.0791. The third-order valence-electron chi connectivity index (χ3n) is 4.04. The Morgan fingerprint density at radius 2 is 2.04 bits per heavy atom. The third-order valence-corrected chi connectivity index (χ3v) is 4.04. The minimum atomic E-state index is -0.298. The minimum Gasteiger partial charge on any atom is -0.459 e. The fourth-order valence-electron chi connectivity index (χ4n) is 2.76. The van der Waals surface area contributed by atoms with E-state index >= 15 is 0 Å². The van der Waals surface area contributed by atoms with Gasteiger partial charge in [0.2, 0.25) is 0 Å². The zero-order valence-electron chi connectivity index (χ0n) is 12.9. The van der Waals surface area contributed by atoms with Crippen molar-refractivity contribution < 1.29 is 14.0 Å². The van der Waals surface area contributed by atoms with Gasteiger partial charge in [0.1, 0.15) is 0 Å². The van der Waals surface area contributed by atoms with Crippen LogP contribution in [0.5, 0.6) is 0 Å². The molecular formula is C17H19N3O3. The van der Waals surface area contributed by atoms with Crippen molar-refractivity contribution in [2.24, 2.45) is 5.73 Å². The molecule has 6 heteroatoms. The number of benzene rings is 1. The average Bonchev–Trinajstić information content (AvgIpc) is 3.24. The van der Waals surface area contributed by atoms with Gasteiger partial charge in [0, 0.05) is 26.2 Å². The van der Waals surface area contributed by atoms with Gasteiger partial charge < -0.3 is 20.0 Å². The van der Waals surface area contributed by atoms with Gasteiger partial charge in [-0.05, 0) is 30.7 Å². The molecule has 0 bridgehead atoms. The summed E-state index contributed by atoms with van der Waals surface area (Å²) in [6.07, 6.45) is 2.25. The van der Waals surface area contributed by atoms with Crippen LogP contribution < -0.4 is 10.6 Å². The average molecular weight is 313 g/mol. The van der Waals surface area contributed by atoms with Crippen molar-refractivity contribution in [3.8, 4) is 0 Å². The van der Waals surface area contributed by atoms with E-state index in [2.05, 4.69) is 0 Å². The molecule has 0 saturated carbocycles. The van der Waals surface area contributed by atoms with Crippen molar-refractivity contribution >= 4 is 17.5 Å². The summed E-state index contributed by atoms with van der Waals surface area (Å²) in [7, 11) is 1.63. The second-order valence-corrected chi connectivity index (χ2v) is 5.66. The highest BCUT2D eigenvalue weighted by atomic mass is 16.3. The van der Waals surface area contributed by atoms with E-state index in [-0.39, 0.29) is 23.6 Å². The molecule has 6 nitrogen and oxygen atoms in total. The van der Waals surface area contributed by atoms with Gasteiger partial charge in [-0.3, -0.25) is 9.59 Å². The second kappa shape index (κ2) is 6.26. The number of likely N-dealkylation sites (tertiary alicyclic amines) is 1. The maximum absolute atomic E-state index is 12.7. The number of nitrogens with zero attached hydrogens (tertiary/aromatic N) is 2. The number of anilines is 1. The number of rotatable bonds is 3. The number of carbonyl (C=O) groups is 2. The molecule has 2 N–H and O–H groups in total. The van der Waals surface area contributed by atoms with Crippen LogP contribution in [0.3, 0.4) is 0 Å². The maximum atomic E-state index is 12.7. The summed E-state index contributed by atoms with van der Waals surface area (Å²) in [5, 5.41) is 0. The molecule has 1 aliphatic rings. The molecule has 0 radical (unpaired) electrons. The predicted octanol–water partition coefficient (Wildman–Crippen LogP) is 1.73. The summed E-state index contributed by atoms with van der Waals surface area (Å²) >= 11 is 0. The topological polar surface area (TPSA) is 79.8 Å². The summed E-state index contributed by atoms with van der Waals surface area (Å²) in [6, 6.07) is 10.4. The van der Waals surface area contributed by atoms with E-state index < -0.39 is 0 Å².